The molecule has 0 unspecified atom stereocenters. The predicted molar refractivity (Wildman–Crippen MR) is 113 cm³/mol. The Bertz CT molecular complexity index is 1190. The van der Waals surface area contributed by atoms with E-state index in [2.05, 4.69) is 9.97 Å². The summed E-state index contributed by atoms with van der Waals surface area (Å²) in [5, 5.41) is 0. The summed E-state index contributed by atoms with van der Waals surface area (Å²) in [6.45, 7) is 0.723. The predicted octanol–water partition coefficient (Wildman–Crippen LogP) is 1.69. The topological polar surface area (TPSA) is 97.6 Å². The van der Waals surface area contributed by atoms with E-state index < -0.39 is 10.0 Å². The molecule has 3 heterocycles. The van der Waals surface area contributed by atoms with E-state index in [-0.39, 0.29) is 36.2 Å². The number of fused-ring (bicyclic) bond motifs is 3. The number of nitrogens with zero attached hydrogens (tertiary/aromatic N) is 5. The fourth-order valence-electron chi connectivity index (χ4n) is 3.56. The van der Waals surface area contributed by atoms with Gasteiger partial charge in [0.2, 0.25) is 10.0 Å². The van der Waals surface area contributed by atoms with E-state index in [4.69, 9.17) is 4.74 Å². The quantitative estimate of drug-likeness (QED) is 0.577. The highest BCUT2D eigenvalue weighted by atomic mass is 32.2. The fourth-order valence-corrected chi connectivity index (χ4v) is 5.12. The van der Waals surface area contributed by atoms with Gasteiger partial charge in [0, 0.05) is 26.9 Å². The number of sulfonamides is 1. The van der Waals surface area contributed by atoms with E-state index in [9.17, 15) is 13.2 Å². The van der Waals surface area contributed by atoms with Crippen molar-refractivity contribution in [3.8, 4) is 5.69 Å². The van der Waals surface area contributed by atoms with Crippen LogP contribution in [0.1, 0.15) is 21.9 Å². The zero-order valence-electron chi connectivity index (χ0n) is 17.3. The van der Waals surface area contributed by atoms with Crippen LogP contribution in [0.4, 0.5) is 0 Å². The monoisotopic (exact) mass is 441 g/mol. The first kappa shape index (κ1) is 21.2. The van der Waals surface area contributed by atoms with Gasteiger partial charge in [-0.2, -0.15) is 4.31 Å². The van der Waals surface area contributed by atoms with Crippen molar-refractivity contribution in [1.82, 2.24) is 23.7 Å². The van der Waals surface area contributed by atoms with Crippen LogP contribution in [0.3, 0.4) is 0 Å². The summed E-state index contributed by atoms with van der Waals surface area (Å²) in [6, 6.07) is 12.2. The minimum absolute atomic E-state index is 0.0128. The summed E-state index contributed by atoms with van der Waals surface area (Å²) >= 11 is 0. The molecule has 0 bridgehead atoms. The number of carbonyl (C=O) groups excluding carboxylic acids is 1. The normalized spacial score (nSPS) is 15.0. The average Bonchev–Trinajstić information content (AvgIpc) is 3.16. The number of pyridine rings is 1. The van der Waals surface area contributed by atoms with Crippen molar-refractivity contribution in [2.75, 3.05) is 27.3 Å². The van der Waals surface area contributed by atoms with Crippen LogP contribution in [0.5, 0.6) is 0 Å². The molecule has 3 aromatic rings. The van der Waals surface area contributed by atoms with Crippen LogP contribution in [0.15, 0.2) is 59.9 Å². The Morgan fingerprint density at radius 3 is 2.68 bits per heavy atom. The average molecular weight is 442 g/mol. The van der Waals surface area contributed by atoms with Gasteiger partial charge in [-0.05, 0) is 24.3 Å². The number of aromatic nitrogens is 3. The van der Waals surface area contributed by atoms with E-state index in [0.717, 1.165) is 5.69 Å². The Labute approximate surface area is 181 Å². The number of hydrogen-bond donors (Lipinski definition) is 0. The van der Waals surface area contributed by atoms with Crippen LogP contribution in [0, 0.1) is 0 Å². The zero-order chi connectivity index (χ0) is 22.0. The molecule has 0 saturated heterocycles. The van der Waals surface area contributed by atoms with Crippen LogP contribution in [0.25, 0.3) is 5.69 Å². The number of amides is 1. The molecule has 1 amide bonds. The van der Waals surface area contributed by atoms with Gasteiger partial charge < -0.3 is 9.64 Å². The van der Waals surface area contributed by atoms with Crippen molar-refractivity contribution >= 4 is 15.9 Å². The molecule has 4 rings (SSSR count). The van der Waals surface area contributed by atoms with Crippen LogP contribution in [-0.2, 0) is 27.8 Å². The number of hydrogen-bond acceptors (Lipinski definition) is 6. The van der Waals surface area contributed by atoms with Crippen LogP contribution >= 0.6 is 0 Å². The molecule has 1 aliphatic rings. The number of ether oxygens (including phenoxy) is 1. The number of benzene rings is 1. The highest BCUT2D eigenvalue weighted by Gasteiger charge is 2.35. The number of rotatable bonds is 6. The summed E-state index contributed by atoms with van der Waals surface area (Å²) in [4.78, 5) is 23.5. The molecule has 0 aliphatic carbocycles. The molecule has 0 spiro atoms. The minimum atomic E-state index is -3.77. The third kappa shape index (κ3) is 3.97. The molecule has 0 saturated carbocycles. The van der Waals surface area contributed by atoms with Gasteiger partial charge in [-0.1, -0.05) is 18.2 Å². The van der Waals surface area contributed by atoms with Gasteiger partial charge in [0.1, 0.15) is 11.2 Å². The minimum Gasteiger partial charge on any atom is -0.383 e. The second-order valence-corrected chi connectivity index (χ2v) is 9.10. The maximum Gasteiger partial charge on any atom is 0.274 e. The Balaban J connectivity index is 1.75. The summed E-state index contributed by atoms with van der Waals surface area (Å²) in [7, 11) is -0.579. The molecule has 0 N–H and O–H groups in total. The first-order chi connectivity index (χ1) is 14.9. The zero-order valence-corrected chi connectivity index (χ0v) is 18.1. The van der Waals surface area contributed by atoms with E-state index >= 15 is 0 Å². The van der Waals surface area contributed by atoms with Crippen LogP contribution < -0.4 is 0 Å². The van der Waals surface area contributed by atoms with E-state index in [1.807, 2.05) is 18.2 Å². The number of imidazole rings is 1. The second kappa shape index (κ2) is 8.58. The summed E-state index contributed by atoms with van der Waals surface area (Å²) in [6.07, 6.45) is 3.18. The highest BCUT2D eigenvalue weighted by molar-refractivity contribution is 7.89. The van der Waals surface area contributed by atoms with Gasteiger partial charge in [0.05, 0.1) is 36.8 Å². The molecular formula is C21H23N5O4S. The highest BCUT2D eigenvalue weighted by Crippen LogP contribution is 2.31. The Kier molecular flexibility index (Phi) is 5.86. The largest absolute Gasteiger partial charge is 0.383 e. The maximum atomic E-state index is 13.3. The van der Waals surface area contributed by atoms with Crippen molar-refractivity contribution in [2.45, 2.75) is 18.0 Å². The van der Waals surface area contributed by atoms with Crippen LogP contribution in [-0.4, -0.2) is 65.4 Å². The first-order valence-corrected chi connectivity index (χ1v) is 11.2. The van der Waals surface area contributed by atoms with Crippen molar-refractivity contribution in [2.24, 2.45) is 0 Å². The Hall–Kier alpha value is -3.08. The SMILES string of the molecule is COCCN1Cc2c(C(=O)N(C)Cc3ccccn3)ncn2-c2ccccc2S1(=O)=O. The summed E-state index contributed by atoms with van der Waals surface area (Å²) < 4.78 is 34.7. The van der Waals surface area contributed by atoms with E-state index in [0.29, 0.717) is 17.9 Å². The van der Waals surface area contributed by atoms with Crippen LogP contribution in [0.2, 0.25) is 0 Å². The van der Waals surface area contributed by atoms with Gasteiger partial charge in [-0.3, -0.25) is 14.3 Å². The van der Waals surface area contributed by atoms with Crippen molar-refractivity contribution in [1.29, 1.82) is 0 Å². The lowest BCUT2D eigenvalue weighted by Crippen LogP contribution is -2.34. The van der Waals surface area contributed by atoms with Crippen molar-refractivity contribution in [3.63, 3.8) is 0 Å². The maximum absolute atomic E-state index is 13.3. The van der Waals surface area contributed by atoms with E-state index in [1.165, 1.54) is 22.6 Å². The smallest absolute Gasteiger partial charge is 0.274 e. The Morgan fingerprint density at radius 1 is 1.16 bits per heavy atom. The standard InChI is InChI=1S/C21H23N5O4S/c1-24(13-16-7-5-6-10-22-16)21(27)20-18-14-25(11-12-30-2)31(28,29)19-9-4-3-8-17(19)26(18)15-23-20/h3-10,15H,11-14H2,1-2H3. The fraction of sp³-hybridized carbons (Fsp3) is 0.286. The second-order valence-electron chi connectivity index (χ2n) is 7.19. The first-order valence-electron chi connectivity index (χ1n) is 9.73. The number of para-hydroxylation sites is 1. The molecule has 2 aromatic heterocycles. The number of methoxy groups -OCH3 is 1. The molecule has 162 valence electrons. The molecule has 31 heavy (non-hydrogen) atoms. The molecular weight excluding hydrogens is 418 g/mol. The molecule has 1 aromatic carbocycles. The summed E-state index contributed by atoms with van der Waals surface area (Å²) in [5.41, 5.74) is 1.95. The van der Waals surface area contributed by atoms with Gasteiger partial charge in [0.25, 0.3) is 5.91 Å². The summed E-state index contributed by atoms with van der Waals surface area (Å²) in [5.74, 6) is -0.303. The van der Waals surface area contributed by atoms with E-state index in [1.54, 1.807) is 42.1 Å². The molecule has 0 radical (unpaired) electrons. The van der Waals surface area contributed by atoms with Gasteiger partial charge in [-0.15, -0.1) is 0 Å². The van der Waals surface area contributed by atoms with Gasteiger partial charge in [-0.25, -0.2) is 13.4 Å². The lowest BCUT2D eigenvalue weighted by atomic mass is 10.2. The molecule has 9 nitrogen and oxygen atoms in total. The molecule has 1 aliphatic heterocycles. The molecule has 0 atom stereocenters. The molecule has 0 fully saturated rings. The van der Waals surface area contributed by atoms with Gasteiger partial charge in [0.15, 0.2) is 5.69 Å². The van der Waals surface area contributed by atoms with Gasteiger partial charge >= 0.3 is 0 Å². The van der Waals surface area contributed by atoms with Crippen molar-refractivity contribution in [3.05, 3.63) is 72.1 Å². The molecule has 10 heteroatoms. The lowest BCUT2D eigenvalue weighted by Gasteiger charge is -2.20. The third-order valence-electron chi connectivity index (χ3n) is 5.15. The third-order valence-corrected chi connectivity index (χ3v) is 7.05. The Morgan fingerprint density at radius 2 is 1.94 bits per heavy atom. The lowest BCUT2D eigenvalue weighted by molar-refractivity contribution is 0.0776. The number of carbonyl (C=O) groups is 1. The van der Waals surface area contributed by atoms with Crippen molar-refractivity contribution < 1.29 is 17.9 Å².